The van der Waals surface area contributed by atoms with Gasteiger partial charge in [-0.2, -0.15) is 0 Å². The van der Waals surface area contributed by atoms with Gasteiger partial charge in [0.1, 0.15) is 11.6 Å². The number of aliphatic carboxylic acids is 1. The number of hydrogen-bond donors (Lipinski definition) is 1. The molecule has 0 saturated heterocycles. The van der Waals surface area contributed by atoms with Gasteiger partial charge in [0.25, 0.3) is 0 Å². The zero-order chi connectivity index (χ0) is 17.7. The Morgan fingerprint density at radius 2 is 1.79 bits per heavy atom. The van der Waals surface area contributed by atoms with E-state index in [1.165, 1.54) is 18.2 Å². The first-order valence-corrected chi connectivity index (χ1v) is 6.92. The predicted octanol–water partition coefficient (Wildman–Crippen LogP) is 2.44. The molecule has 0 bridgehead atoms. The van der Waals surface area contributed by atoms with Crippen molar-refractivity contribution in [2.75, 3.05) is 0 Å². The molecule has 1 N–H and O–H groups in total. The fourth-order valence-electron chi connectivity index (χ4n) is 2.09. The third-order valence-electron chi connectivity index (χ3n) is 3.15. The fraction of sp³-hybridized carbons (Fsp3) is 0.118. The van der Waals surface area contributed by atoms with Crippen molar-refractivity contribution in [3.63, 3.8) is 0 Å². The average molecular weight is 333 g/mol. The Kier molecular flexibility index (Phi) is 5.36. The highest BCUT2D eigenvalue weighted by Crippen LogP contribution is 2.13. The lowest BCUT2D eigenvalue weighted by Crippen LogP contribution is -2.15. The molecule has 0 amide bonds. The molecule has 24 heavy (non-hydrogen) atoms. The molecule has 0 unspecified atom stereocenters. The van der Waals surface area contributed by atoms with Gasteiger partial charge in [-0.25, -0.2) is 13.6 Å². The lowest BCUT2D eigenvalue weighted by atomic mass is 10.2. The molecular weight excluding hydrogens is 320 g/mol. The molecule has 7 heteroatoms. The fourth-order valence-corrected chi connectivity index (χ4v) is 2.09. The number of carbonyl (C=O) groups is 3. The largest absolute Gasteiger partial charge is 0.475 e. The van der Waals surface area contributed by atoms with E-state index in [1.54, 1.807) is 22.9 Å². The summed E-state index contributed by atoms with van der Waals surface area (Å²) in [7, 11) is 0. The third-order valence-corrected chi connectivity index (χ3v) is 3.15. The highest BCUT2D eigenvalue weighted by atomic mass is 19.1. The number of carbonyl (C=O) groups excluding carboxylic acids is 2. The van der Waals surface area contributed by atoms with E-state index in [4.69, 9.17) is 5.11 Å². The Hall–Kier alpha value is -3.09. The van der Waals surface area contributed by atoms with Crippen LogP contribution in [-0.2, 0) is 20.9 Å². The zero-order valence-corrected chi connectivity index (χ0v) is 12.4. The van der Waals surface area contributed by atoms with E-state index in [9.17, 15) is 23.2 Å². The average Bonchev–Trinajstić information content (AvgIpc) is 2.91. The van der Waals surface area contributed by atoms with Gasteiger partial charge < -0.3 is 9.67 Å². The van der Waals surface area contributed by atoms with Crippen molar-refractivity contribution in [1.29, 1.82) is 0 Å². The predicted molar refractivity (Wildman–Crippen MR) is 81.2 cm³/mol. The molecule has 1 aromatic heterocycles. The Morgan fingerprint density at radius 3 is 2.42 bits per heavy atom. The highest BCUT2D eigenvalue weighted by Gasteiger charge is 2.14. The summed E-state index contributed by atoms with van der Waals surface area (Å²) in [6.45, 7) is 0.184. The van der Waals surface area contributed by atoms with Crippen LogP contribution in [0.2, 0.25) is 0 Å². The van der Waals surface area contributed by atoms with Crippen LogP contribution in [0.15, 0.2) is 42.6 Å². The third kappa shape index (κ3) is 4.70. The van der Waals surface area contributed by atoms with Gasteiger partial charge in [0.2, 0.25) is 5.78 Å². The summed E-state index contributed by atoms with van der Waals surface area (Å²) < 4.78 is 28.1. The molecule has 5 nitrogen and oxygen atoms in total. The van der Waals surface area contributed by atoms with E-state index in [2.05, 4.69) is 0 Å². The van der Waals surface area contributed by atoms with Crippen molar-refractivity contribution < 1.29 is 28.3 Å². The van der Waals surface area contributed by atoms with Gasteiger partial charge in [0, 0.05) is 24.5 Å². The molecule has 1 heterocycles. The lowest BCUT2D eigenvalue weighted by Gasteiger charge is -2.07. The number of aromatic nitrogens is 1. The van der Waals surface area contributed by atoms with Crippen LogP contribution in [0.1, 0.15) is 17.7 Å². The number of Topliss-reactive ketones (excluding diaryl/α,β-unsaturated/α-hetero) is 1. The van der Waals surface area contributed by atoms with E-state index in [0.29, 0.717) is 11.3 Å². The minimum atomic E-state index is -1.66. The molecule has 0 aliphatic carbocycles. The van der Waals surface area contributed by atoms with Gasteiger partial charge in [-0.05, 0) is 42.0 Å². The molecule has 0 aliphatic heterocycles. The molecule has 0 saturated carbocycles. The maximum atomic E-state index is 13.2. The van der Waals surface area contributed by atoms with Crippen LogP contribution in [0.4, 0.5) is 8.78 Å². The number of nitrogens with zero attached hydrogens (tertiary/aromatic N) is 1. The zero-order valence-electron chi connectivity index (χ0n) is 12.4. The van der Waals surface area contributed by atoms with Crippen LogP contribution in [0, 0.1) is 11.6 Å². The molecule has 2 rings (SSSR count). The number of ketones is 2. The first-order chi connectivity index (χ1) is 11.3. The van der Waals surface area contributed by atoms with Crippen LogP contribution in [0.3, 0.4) is 0 Å². The van der Waals surface area contributed by atoms with E-state index < -0.39 is 35.6 Å². The van der Waals surface area contributed by atoms with Crippen LogP contribution in [0.25, 0.3) is 6.08 Å². The number of rotatable bonds is 7. The van der Waals surface area contributed by atoms with Crippen molar-refractivity contribution in [1.82, 2.24) is 4.57 Å². The normalized spacial score (nSPS) is 10.9. The van der Waals surface area contributed by atoms with Crippen molar-refractivity contribution in [2.45, 2.75) is 13.0 Å². The van der Waals surface area contributed by atoms with Gasteiger partial charge >= 0.3 is 5.97 Å². The Bertz CT molecular complexity index is 803. The summed E-state index contributed by atoms with van der Waals surface area (Å²) in [6, 6.07) is 6.53. The van der Waals surface area contributed by atoms with E-state index in [0.717, 1.165) is 12.1 Å². The summed E-state index contributed by atoms with van der Waals surface area (Å²) in [5.74, 6) is -4.86. The number of allylic oxidation sites excluding steroid dienone is 1. The maximum Gasteiger partial charge on any atom is 0.372 e. The maximum absolute atomic E-state index is 13.2. The summed E-state index contributed by atoms with van der Waals surface area (Å²) in [5.41, 5.74) is 0.974. The molecule has 0 aliphatic rings. The molecule has 0 radical (unpaired) electrons. The molecule has 0 fully saturated rings. The Balaban J connectivity index is 2.10. The highest BCUT2D eigenvalue weighted by molar-refractivity contribution is 6.37. The summed E-state index contributed by atoms with van der Waals surface area (Å²) in [4.78, 5) is 32.9. The van der Waals surface area contributed by atoms with Gasteiger partial charge in [-0.1, -0.05) is 0 Å². The molecular formula is C17H13F2NO4. The molecule has 0 spiro atoms. The topological polar surface area (TPSA) is 76.4 Å². The van der Waals surface area contributed by atoms with Crippen molar-refractivity contribution in [3.05, 3.63) is 65.5 Å². The number of halogens is 2. The van der Waals surface area contributed by atoms with Crippen LogP contribution in [-0.4, -0.2) is 27.2 Å². The summed E-state index contributed by atoms with van der Waals surface area (Å²) in [5, 5.41) is 8.44. The van der Waals surface area contributed by atoms with Crippen molar-refractivity contribution in [2.24, 2.45) is 0 Å². The minimum Gasteiger partial charge on any atom is -0.475 e. The first kappa shape index (κ1) is 17.3. The molecule has 124 valence electrons. The number of carboxylic acids is 1. The van der Waals surface area contributed by atoms with E-state index in [-0.39, 0.29) is 6.54 Å². The second kappa shape index (κ2) is 7.45. The first-order valence-electron chi connectivity index (χ1n) is 6.92. The monoisotopic (exact) mass is 333 g/mol. The van der Waals surface area contributed by atoms with Crippen LogP contribution < -0.4 is 0 Å². The summed E-state index contributed by atoms with van der Waals surface area (Å²) in [6.07, 6.45) is 3.45. The van der Waals surface area contributed by atoms with Crippen LogP contribution in [0.5, 0.6) is 0 Å². The van der Waals surface area contributed by atoms with E-state index in [1.807, 2.05) is 0 Å². The van der Waals surface area contributed by atoms with Crippen molar-refractivity contribution in [3.8, 4) is 0 Å². The molecule has 0 atom stereocenters. The SMILES string of the molecule is O=C(/C=C/c1cccn1Cc1cc(F)cc(F)c1)CC(=O)C(=O)O. The van der Waals surface area contributed by atoms with Gasteiger partial charge in [0.05, 0.1) is 6.42 Å². The van der Waals surface area contributed by atoms with Gasteiger partial charge in [-0.3, -0.25) is 9.59 Å². The molecule has 2 aromatic rings. The number of hydrogen-bond acceptors (Lipinski definition) is 3. The van der Waals surface area contributed by atoms with Crippen molar-refractivity contribution >= 4 is 23.6 Å². The second-order valence-corrected chi connectivity index (χ2v) is 5.04. The van der Waals surface area contributed by atoms with Gasteiger partial charge in [-0.15, -0.1) is 0 Å². The summed E-state index contributed by atoms with van der Waals surface area (Å²) >= 11 is 0. The number of carboxylic acid groups (broad SMARTS) is 1. The Morgan fingerprint density at radius 1 is 1.12 bits per heavy atom. The standard InChI is InChI=1S/C17H13F2NO4/c18-12-6-11(7-13(19)8-12)10-20-5-1-2-14(20)3-4-15(21)9-16(22)17(23)24/h1-8H,9-10H2,(H,23,24)/b4-3+. The second-order valence-electron chi connectivity index (χ2n) is 5.04. The van der Waals surface area contributed by atoms with Gasteiger partial charge in [0.15, 0.2) is 5.78 Å². The van der Waals surface area contributed by atoms with Crippen LogP contribution >= 0.6 is 0 Å². The quantitative estimate of drug-likeness (QED) is 0.480. The lowest BCUT2D eigenvalue weighted by molar-refractivity contribution is -0.149. The Labute approximate surface area is 135 Å². The smallest absolute Gasteiger partial charge is 0.372 e. The minimum absolute atomic E-state index is 0.184. The number of benzene rings is 1. The molecule has 1 aromatic carbocycles. The van der Waals surface area contributed by atoms with E-state index >= 15 is 0 Å².